The van der Waals surface area contributed by atoms with Crippen molar-refractivity contribution in [2.75, 3.05) is 0 Å². The molecule has 1 aliphatic rings. The number of carbonyl (C=O) groups is 1. The fourth-order valence-electron chi connectivity index (χ4n) is 3.65. The van der Waals surface area contributed by atoms with Gasteiger partial charge in [0.05, 0.1) is 5.39 Å². The van der Waals surface area contributed by atoms with Gasteiger partial charge >= 0.3 is 5.97 Å². The molecular formula is C21H21ClN2O3S. The summed E-state index contributed by atoms with van der Waals surface area (Å²) in [6.07, 6.45) is 5.70. The fraction of sp³-hybridized carbons (Fsp3) is 0.381. The van der Waals surface area contributed by atoms with Crippen LogP contribution < -0.4 is 5.56 Å². The van der Waals surface area contributed by atoms with Crippen molar-refractivity contribution in [1.29, 1.82) is 0 Å². The maximum absolute atomic E-state index is 12.7. The predicted molar refractivity (Wildman–Crippen MR) is 112 cm³/mol. The molecule has 0 atom stereocenters. The Balaban J connectivity index is 1.62. The third kappa shape index (κ3) is 3.98. The second kappa shape index (κ2) is 8.05. The zero-order chi connectivity index (χ0) is 19.7. The highest BCUT2D eigenvalue weighted by atomic mass is 35.5. The number of hydrogen-bond acceptors (Lipinski definition) is 5. The number of hydrogen-bond donors (Lipinski definition) is 1. The monoisotopic (exact) mass is 416 g/mol. The number of nitrogens with zero attached hydrogens (tertiary/aromatic N) is 1. The number of rotatable bonds is 4. The van der Waals surface area contributed by atoms with Crippen molar-refractivity contribution in [1.82, 2.24) is 9.97 Å². The quantitative estimate of drug-likeness (QED) is 0.605. The molecule has 0 amide bonds. The fourth-order valence-corrected chi connectivity index (χ4v) is 4.86. The first kappa shape index (κ1) is 19.2. The number of thiophene rings is 1. The van der Waals surface area contributed by atoms with Crippen molar-refractivity contribution in [3.8, 4) is 0 Å². The highest BCUT2D eigenvalue weighted by molar-refractivity contribution is 7.20. The maximum atomic E-state index is 12.7. The van der Waals surface area contributed by atoms with E-state index in [1.54, 1.807) is 6.92 Å². The van der Waals surface area contributed by atoms with E-state index in [9.17, 15) is 9.59 Å². The van der Waals surface area contributed by atoms with Crippen LogP contribution in [0.3, 0.4) is 0 Å². The minimum absolute atomic E-state index is 0.0161. The van der Waals surface area contributed by atoms with Crippen LogP contribution in [0.1, 0.15) is 58.7 Å². The van der Waals surface area contributed by atoms with Crippen molar-refractivity contribution in [3.63, 3.8) is 0 Å². The van der Waals surface area contributed by atoms with Gasteiger partial charge in [0.1, 0.15) is 21.6 Å². The third-order valence-electron chi connectivity index (χ3n) is 5.15. The van der Waals surface area contributed by atoms with E-state index in [1.165, 1.54) is 17.8 Å². The molecule has 4 rings (SSSR count). The van der Waals surface area contributed by atoms with Gasteiger partial charge in [-0.3, -0.25) is 4.79 Å². The zero-order valence-electron chi connectivity index (χ0n) is 15.6. The molecule has 2 heterocycles. The predicted octanol–water partition coefficient (Wildman–Crippen LogP) is 5.03. The molecule has 0 spiro atoms. The molecule has 146 valence electrons. The van der Waals surface area contributed by atoms with Gasteiger partial charge in [0.15, 0.2) is 0 Å². The van der Waals surface area contributed by atoms with E-state index in [0.29, 0.717) is 37.9 Å². The standard InChI is InChI=1S/C21H21ClN2O3S/c1-12-17-19(25)23-16(11-13-7-9-14(22)10-8-13)24-20(17)28-18(12)21(26)27-15-5-3-2-4-6-15/h7-10,15H,2-6,11H2,1H3,(H,23,24,25). The summed E-state index contributed by atoms with van der Waals surface area (Å²) in [4.78, 5) is 33.8. The van der Waals surface area contributed by atoms with Gasteiger partial charge in [0.25, 0.3) is 5.56 Å². The van der Waals surface area contributed by atoms with Crippen LogP contribution in [-0.2, 0) is 11.2 Å². The molecule has 0 aliphatic heterocycles. The Morgan fingerprint density at radius 1 is 1.25 bits per heavy atom. The molecule has 5 nitrogen and oxygen atoms in total. The Hall–Kier alpha value is -2.18. The molecule has 7 heteroatoms. The first-order valence-corrected chi connectivity index (χ1v) is 10.7. The van der Waals surface area contributed by atoms with E-state index in [2.05, 4.69) is 9.97 Å². The van der Waals surface area contributed by atoms with Gasteiger partial charge in [-0.15, -0.1) is 11.3 Å². The number of aryl methyl sites for hydroxylation is 1. The highest BCUT2D eigenvalue weighted by Crippen LogP contribution is 2.29. The molecule has 0 radical (unpaired) electrons. The van der Waals surface area contributed by atoms with E-state index < -0.39 is 0 Å². The molecule has 1 saturated carbocycles. The van der Waals surface area contributed by atoms with Gasteiger partial charge in [0.2, 0.25) is 0 Å². The second-order valence-electron chi connectivity index (χ2n) is 7.22. The van der Waals surface area contributed by atoms with Crippen molar-refractivity contribution < 1.29 is 9.53 Å². The van der Waals surface area contributed by atoms with Crippen molar-refractivity contribution >= 4 is 39.1 Å². The molecule has 0 saturated heterocycles. The average molecular weight is 417 g/mol. The molecular weight excluding hydrogens is 396 g/mol. The summed E-state index contributed by atoms with van der Waals surface area (Å²) in [5.41, 5.74) is 1.42. The minimum Gasteiger partial charge on any atom is -0.458 e. The van der Waals surface area contributed by atoms with Gasteiger partial charge in [-0.2, -0.15) is 0 Å². The first-order valence-electron chi connectivity index (χ1n) is 9.49. The summed E-state index contributed by atoms with van der Waals surface area (Å²) in [7, 11) is 0. The lowest BCUT2D eigenvalue weighted by Crippen LogP contribution is -2.20. The summed E-state index contributed by atoms with van der Waals surface area (Å²) in [5.74, 6) is 0.222. The van der Waals surface area contributed by atoms with Crippen molar-refractivity contribution in [3.05, 3.63) is 61.5 Å². The molecule has 0 unspecified atom stereocenters. The Kier molecular flexibility index (Phi) is 5.51. The number of halogens is 1. The zero-order valence-corrected chi connectivity index (χ0v) is 17.2. The Morgan fingerprint density at radius 2 is 1.96 bits per heavy atom. The molecule has 28 heavy (non-hydrogen) atoms. The number of ether oxygens (including phenoxy) is 1. The maximum Gasteiger partial charge on any atom is 0.348 e. The Bertz CT molecular complexity index is 1070. The first-order chi connectivity index (χ1) is 13.5. The Labute approximate surface area is 171 Å². The molecule has 1 fully saturated rings. The minimum atomic E-state index is -0.342. The molecule has 1 aliphatic carbocycles. The van der Waals surface area contributed by atoms with Gasteiger partial charge < -0.3 is 9.72 Å². The summed E-state index contributed by atoms with van der Waals surface area (Å²) in [5, 5.41) is 1.14. The van der Waals surface area contributed by atoms with E-state index in [1.807, 2.05) is 24.3 Å². The van der Waals surface area contributed by atoms with E-state index in [-0.39, 0.29) is 17.6 Å². The van der Waals surface area contributed by atoms with Crippen molar-refractivity contribution in [2.24, 2.45) is 0 Å². The van der Waals surface area contributed by atoms with Crippen LogP contribution in [0.25, 0.3) is 10.2 Å². The molecule has 3 aromatic rings. The SMILES string of the molecule is Cc1c(C(=O)OC2CCCCC2)sc2nc(Cc3ccc(Cl)cc3)[nH]c(=O)c12. The topological polar surface area (TPSA) is 72.0 Å². The van der Waals surface area contributed by atoms with Crippen LogP contribution in [0.5, 0.6) is 0 Å². The Morgan fingerprint density at radius 3 is 2.68 bits per heavy atom. The van der Waals surface area contributed by atoms with Crippen LogP contribution in [-0.4, -0.2) is 22.0 Å². The molecule has 1 aromatic carbocycles. The van der Waals surface area contributed by atoms with Crippen LogP contribution in [0.2, 0.25) is 5.02 Å². The number of esters is 1. The number of carbonyl (C=O) groups excluding carboxylic acids is 1. The highest BCUT2D eigenvalue weighted by Gasteiger charge is 2.24. The van der Waals surface area contributed by atoms with E-state index in [0.717, 1.165) is 31.2 Å². The van der Waals surface area contributed by atoms with Gasteiger partial charge in [-0.25, -0.2) is 9.78 Å². The second-order valence-corrected chi connectivity index (χ2v) is 8.65. The van der Waals surface area contributed by atoms with E-state index >= 15 is 0 Å². The lowest BCUT2D eigenvalue weighted by Gasteiger charge is -2.21. The van der Waals surface area contributed by atoms with Crippen LogP contribution in [0, 0.1) is 6.92 Å². The van der Waals surface area contributed by atoms with E-state index in [4.69, 9.17) is 16.3 Å². The molecule has 2 aromatic heterocycles. The largest absolute Gasteiger partial charge is 0.458 e. The number of H-pyrrole nitrogens is 1. The number of aromatic amines is 1. The summed E-state index contributed by atoms with van der Waals surface area (Å²) >= 11 is 7.16. The van der Waals surface area contributed by atoms with Gasteiger partial charge in [-0.05, 0) is 55.9 Å². The van der Waals surface area contributed by atoms with Gasteiger partial charge in [-0.1, -0.05) is 30.2 Å². The third-order valence-corrected chi connectivity index (χ3v) is 6.56. The summed E-state index contributed by atoms with van der Waals surface area (Å²) in [6.45, 7) is 1.78. The number of benzene rings is 1. The number of nitrogens with one attached hydrogen (secondary N) is 1. The van der Waals surface area contributed by atoms with Gasteiger partial charge in [0, 0.05) is 11.4 Å². The van der Waals surface area contributed by atoms with Crippen molar-refractivity contribution in [2.45, 2.75) is 51.6 Å². The normalized spacial score (nSPS) is 15.1. The lowest BCUT2D eigenvalue weighted by molar-refractivity contribution is 0.0216. The van der Waals surface area contributed by atoms with Crippen LogP contribution in [0.15, 0.2) is 29.1 Å². The van der Waals surface area contributed by atoms with Crippen LogP contribution in [0.4, 0.5) is 0 Å². The molecule has 1 N–H and O–H groups in total. The average Bonchev–Trinajstić information content (AvgIpc) is 3.01. The number of fused-ring (bicyclic) bond motifs is 1. The summed E-state index contributed by atoms with van der Waals surface area (Å²) in [6, 6.07) is 7.42. The lowest BCUT2D eigenvalue weighted by atomic mass is 9.98. The molecule has 0 bridgehead atoms. The van der Waals surface area contributed by atoms with Crippen LogP contribution >= 0.6 is 22.9 Å². The smallest absolute Gasteiger partial charge is 0.348 e. The number of aromatic nitrogens is 2. The summed E-state index contributed by atoms with van der Waals surface area (Å²) < 4.78 is 5.68.